The molecule has 0 saturated carbocycles. The third kappa shape index (κ3) is 4.78. The van der Waals surface area contributed by atoms with Gasteiger partial charge in [-0.1, -0.05) is 30.3 Å². The van der Waals surface area contributed by atoms with Crippen molar-refractivity contribution >= 4 is 6.03 Å². The number of urea groups is 1. The van der Waals surface area contributed by atoms with Crippen LogP contribution in [-0.4, -0.2) is 19.7 Å². The number of carbonyl (C=O) groups excluding carboxylic acids is 1. The number of fused-ring (bicyclic) bond motifs is 1. The van der Waals surface area contributed by atoms with Crippen LogP contribution in [0.25, 0.3) is 0 Å². The number of ether oxygens (including phenoxy) is 1. The van der Waals surface area contributed by atoms with E-state index in [9.17, 15) is 4.79 Å². The van der Waals surface area contributed by atoms with E-state index in [1.165, 1.54) is 36.0 Å². The van der Waals surface area contributed by atoms with Gasteiger partial charge in [0.2, 0.25) is 0 Å². The molecule has 1 unspecified atom stereocenters. The van der Waals surface area contributed by atoms with Crippen LogP contribution in [0.1, 0.15) is 48.1 Å². The third-order valence-corrected chi connectivity index (χ3v) is 5.05. The van der Waals surface area contributed by atoms with Crippen LogP contribution >= 0.6 is 0 Å². The van der Waals surface area contributed by atoms with Crippen molar-refractivity contribution in [3.63, 3.8) is 0 Å². The molecule has 0 radical (unpaired) electrons. The Morgan fingerprint density at radius 2 is 1.92 bits per heavy atom. The Balaban J connectivity index is 1.48. The minimum Gasteiger partial charge on any atom is -0.497 e. The van der Waals surface area contributed by atoms with Crippen molar-refractivity contribution in [1.82, 2.24) is 10.6 Å². The summed E-state index contributed by atoms with van der Waals surface area (Å²) in [5, 5.41) is 5.98. The number of benzene rings is 2. The smallest absolute Gasteiger partial charge is 0.315 e. The van der Waals surface area contributed by atoms with E-state index in [1.807, 2.05) is 31.2 Å². The van der Waals surface area contributed by atoms with E-state index < -0.39 is 0 Å². The molecule has 4 nitrogen and oxygen atoms in total. The summed E-state index contributed by atoms with van der Waals surface area (Å²) < 4.78 is 5.22. The van der Waals surface area contributed by atoms with Gasteiger partial charge in [0, 0.05) is 6.54 Å². The molecule has 138 valence electrons. The van der Waals surface area contributed by atoms with E-state index in [-0.39, 0.29) is 12.1 Å². The van der Waals surface area contributed by atoms with Gasteiger partial charge in [-0.2, -0.15) is 0 Å². The number of amides is 2. The Bertz CT molecular complexity index is 758. The summed E-state index contributed by atoms with van der Waals surface area (Å²) in [7, 11) is 1.66. The second-order valence-electron chi connectivity index (χ2n) is 6.96. The second-order valence-corrected chi connectivity index (χ2v) is 6.96. The highest BCUT2D eigenvalue weighted by atomic mass is 16.5. The number of rotatable bonds is 6. The molecule has 0 heterocycles. The van der Waals surface area contributed by atoms with Crippen molar-refractivity contribution in [3.8, 4) is 5.75 Å². The van der Waals surface area contributed by atoms with Gasteiger partial charge in [0.1, 0.15) is 5.75 Å². The zero-order valence-electron chi connectivity index (χ0n) is 15.7. The lowest BCUT2D eigenvalue weighted by Crippen LogP contribution is -2.38. The lowest BCUT2D eigenvalue weighted by Gasteiger charge is -2.20. The molecule has 0 aliphatic heterocycles. The monoisotopic (exact) mass is 352 g/mol. The van der Waals surface area contributed by atoms with Crippen LogP contribution in [0.15, 0.2) is 42.5 Å². The van der Waals surface area contributed by atoms with Crippen LogP contribution in [0.2, 0.25) is 0 Å². The van der Waals surface area contributed by atoms with Gasteiger partial charge in [0.05, 0.1) is 13.2 Å². The summed E-state index contributed by atoms with van der Waals surface area (Å²) in [6.45, 7) is 2.63. The van der Waals surface area contributed by atoms with Crippen molar-refractivity contribution in [1.29, 1.82) is 0 Å². The van der Waals surface area contributed by atoms with Gasteiger partial charge in [0.25, 0.3) is 0 Å². The molecular formula is C22H28N2O2. The average molecular weight is 352 g/mol. The lowest BCUT2D eigenvalue weighted by atomic mass is 9.89. The zero-order chi connectivity index (χ0) is 18.4. The van der Waals surface area contributed by atoms with Gasteiger partial charge in [-0.25, -0.2) is 4.79 Å². The molecule has 0 aromatic heterocycles. The quantitative estimate of drug-likeness (QED) is 0.819. The number of methoxy groups -OCH3 is 1. The molecule has 2 aromatic carbocycles. The first-order chi connectivity index (χ1) is 12.7. The molecule has 26 heavy (non-hydrogen) atoms. The number of hydrogen-bond donors (Lipinski definition) is 2. The molecule has 2 aromatic rings. The van der Waals surface area contributed by atoms with Gasteiger partial charge < -0.3 is 15.4 Å². The first-order valence-corrected chi connectivity index (χ1v) is 9.44. The van der Waals surface area contributed by atoms with Gasteiger partial charge in [-0.15, -0.1) is 0 Å². The standard InChI is InChI=1S/C22H28N2O2/c1-16(19-11-10-18-7-3-4-8-20(18)15-19)24-22(25)23-13-12-17-6-5-9-21(14-17)26-2/h5-6,9-11,14-16H,3-4,7-8,12-13H2,1-2H3,(H2,23,24,25). The number of carbonyl (C=O) groups is 1. The summed E-state index contributed by atoms with van der Waals surface area (Å²) in [5.41, 5.74) is 5.23. The summed E-state index contributed by atoms with van der Waals surface area (Å²) in [6.07, 6.45) is 5.67. The van der Waals surface area contributed by atoms with E-state index in [0.29, 0.717) is 6.54 Å². The fourth-order valence-electron chi connectivity index (χ4n) is 3.50. The van der Waals surface area contributed by atoms with Crippen molar-refractivity contribution in [2.75, 3.05) is 13.7 Å². The average Bonchev–Trinajstić information content (AvgIpc) is 2.67. The van der Waals surface area contributed by atoms with Crippen LogP contribution in [0.3, 0.4) is 0 Å². The van der Waals surface area contributed by atoms with Crippen molar-refractivity contribution in [2.45, 2.75) is 45.1 Å². The molecule has 0 bridgehead atoms. The van der Waals surface area contributed by atoms with Crippen molar-refractivity contribution in [3.05, 3.63) is 64.7 Å². The highest BCUT2D eigenvalue weighted by Gasteiger charge is 2.14. The molecule has 0 fully saturated rings. The maximum Gasteiger partial charge on any atom is 0.315 e. The number of aryl methyl sites for hydroxylation is 2. The Kier molecular flexibility index (Phi) is 6.16. The Labute approximate surface area is 156 Å². The molecule has 2 amide bonds. The SMILES string of the molecule is COc1cccc(CCNC(=O)NC(C)c2ccc3c(c2)CCCC3)c1. The fourth-order valence-corrected chi connectivity index (χ4v) is 3.50. The molecular weight excluding hydrogens is 324 g/mol. The van der Waals surface area contributed by atoms with Gasteiger partial charge >= 0.3 is 6.03 Å². The molecule has 0 saturated heterocycles. The predicted octanol–water partition coefficient (Wildman–Crippen LogP) is 4.18. The Morgan fingerprint density at radius 3 is 2.73 bits per heavy atom. The summed E-state index contributed by atoms with van der Waals surface area (Å²) in [4.78, 5) is 12.2. The van der Waals surface area contributed by atoms with Crippen LogP contribution in [0.4, 0.5) is 4.79 Å². The highest BCUT2D eigenvalue weighted by molar-refractivity contribution is 5.74. The molecule has 1 aliphatic rings. The lowest BCUT2D eigenvalue weighted by molar-refractivity contribution is 0.238. The molecule has 3 rings (SSSR count). The largest absolute Gasteiger partial charge is 0.497 e. The van der Waals surface area contributed by atoms with E-state index in [4.69, 9.17) is 4.74 Å². The van der Waals surface area contributed by atoms with Crippen LogP contribution in [-0.2, 0) is 19.3 Å². The molecule has 4 heteroatoms. The number of nitrogens with one attached hydrogen (secondary N) is 2. The van der Waals surface area contributed by atoms with Gasteiger partial charge in [-0.05, 0) is 73.4 Å². The topological polar surface area (TPSA) is 50.4 Å². The van der Waals surface area contributed by atoms with Crippen LogP contribution in [0.5, 0.6) is 5.75 Å². The van der Waals surface area contributed by atoms with E-state index in [0.717, 1.165) is 24.2 Å². The minimum atomic E-state index is -0.127. The molecule has 0 spiro atoms. The summed E-state index contributed by atoms with van der Waals surface area (Å²) >= 11 is 0. The molecule has 2 N–H and O–H groups in total. The second kappa shape index (κ2) is 8.75. The zero-order valence-corrected chi connectivity index (χ0v) is 15.7. The van der Waals surface area contributed by atoms with E-state index in [1.54, 1.807) is 7.11 Å². The Hall–Kier alpha value is -2.49. The summed E-state index contributed by atoms with van der Waals surface area (Å²) in [5.74, 6) is 0.841. The predicted molar refractivity (Wildman–Crippen MR) is 105 cm³/mol. The first-order valence-electron chi connectivity index (χ1n) is 9.44. The van der Waals surface area contributed by atoms with Gasteiger partial charge in [-0.3, -0.25) is 0 Å². The van der Waals surface area contributed by atoms with Crippen LogP contribution in [0, 0.1) is 0 Å². The van der Waals surface area contributed by atoms with E-state index >= 15 is 0 Å². The fraction of sp³-hybridized carbons (Fsp3) is 0.409. The third-order valence-electron chi connectivity index (χ3n) is 5.05. The number of hydrogen-bond acceptors (Lipinski definition) is 2. The van der Waals surface area contributed by atoms with E-state index in [2.05, 4.69) is 28.8 Å². The minimum absolute atomic E-state index is 0.000883. The summed E-state index contributed by atoms with van der Waals surface area (Å²) in [6, 6.07) is 14.4. The molecule has 1 atom stereocenters. The van der Waals surface area contributed by atoms with Gasteiger partial charge in [0.15, 0.2) is 0 Å². The van der Waals surface area contributed by atoms with Crippen molar-refractivity contribution in [2.24, 2.45) is 0 Å². The normalized spacial score (nSPS) is 14.2. The maximum atomic E-state index is 12.2. The van der Waals surface area contributed by atoms with Crippen LogP contribution < -0.4 is 15.4 Å². The Morgan fingerprint density at radius 1 is 1.12 bits per heavy atom. The highest BCUT2D eigenvalue weighted by Crippen LogP contribution is 2.24. The van der Waals surface area contributed by atoms with Crippen molar-refractivity contribution < 1.29 is 9.53 Å². The maximum absolute atomic E-state index is 12.2. The molecule has 1 aliphatic carbocycles. The first kappa shape index (κ1) is 18.3.